The van der Waals surface area contributed by atoms with Gasteiger partial charge in [0.15, 0.2) is 5.82 Å². The SMILES string of the molecule is Cc1cc(C)cc(N2CC(c3noc(-c4ccc(C(F)(F)F)cc4)n3)CC2=O)c1. The van der Waals surface area contributed by atoms with Crippen LogP contribution in [0.15, 0.2) is 47.0 Å². The lowest BCUT2D eigenvalue weighted by Gasteiger charge is -2.17. The van der Waals surface area contributed by atoms with Crippen LogP contribution in [0.3, 0.4) is 0 Å². The summed E-state index contributed by atoms with van der Waals surface area (Å²) < 4.78 is 43.3. The first-order valence-electron chi connectivity index (χ1n) is 9.10. The topological polar surface area (TPSA) is 59.2 Å². The smallest absolute Gasteiger partial charge is 0.334 e. The standard InChI is InChI=1S/C21H18F3N3O2/c1-12-7-13(2)9-17(8-12)27-11-15(10-18(27)28)19-25-20(29-26-19)14-3-5-16(6-4-14)21(22,23)24/h3-9,15H,10-11H2,1-2H3. The number of hydrogen-bond acceptors (Lipinski definition) is 4. The van der Waals surface area contributed by atoms with E-state index in [-0.39, 0.29) is 24.1 Å². The first kappa shape index (κ1) is 19.2. The molecule has 29 heavy (non-hydrogen) atoms. The van der Waals surface area contributed by atoms with Crippen molar-refractivity contribution in [1.29, 1.82) is 0 Å². The van der Waals surface area contributed by atoms with Crippen LogP contribution in [-0.4, -0.2) is 22.6 Å². The maximum atomic E-state index is 12.7. The van der Waals surface area contributed by atoms with Crippen molar-refractivity contribution in [3.63, 3.8) is 0 Å². The van der Waals surface area contributed by atoms with E-state index < -0.39 is 11.7 Å². The zero-order valence-corrected chi connectivity index (χ0v) is 15.8. The van der Waals surface area contributed by atoms with E-state index in [1.165, 1.54) is 12.1 Å². The van der Waals surface area contributed by atoms with Gasteiger partial charge in [-0.2, -0.15) is 18.2 Å². The van der Waals surface area contributed by atoms with Crippen LogP contribution < -0.4 is 4.90 Å². The van der Waals surface area contributed by atoms with Crippen LogP contribution in [-0.2, 0) is 11.0 Å². The zero-order valence-electron chi connectivity index (χ0n) is 15.8. The van der Waals surface area contributed by atoms with Crippen LogP contribution in [0, 0.1) is 13.8 Å². The highest BCUT2D eigenvalue weighted by molar-refractivity contribution is 5.96. The minimum atomic E-state index is -4.40. The fraction of sp³-hybridized carbons (Fsp3) is 0.286. The van der Waals surface area contributed by atoms with Gasteiger partial charge in [0.05, 0.1) is 5.56 Å². The number of rotatable bonds is 3. The minimum absolute atomic E-state index is 0.0270. The van der Waals surface area contributed by atoms with Crippen molar-refractivity contribution in [3.05, 3.63) is 65.0 Å². The second-order valence-electron chi connectivity index (χ2n) is 7.28. The monoisotopic (exact) mass is 401 g/mol. The molecule has 4 rings (SSSR count). The van der Waals surface area contributed by atoms with Crippen molar-refractivity contribution >= 4 is 11.6 Å². The van der Waals surface area contributed by atoms with Gasteiger partial charge in [-0.1, -0.05) is 11.2 Å². The predicted octanol–water partition coefficient (Wildman–Crippen LogP) is 4.89. The minimum Gasteiger partial charge on any atom is -0.334 e. The average molecular weight is 401 g/mol. The molecule has 150 valence electrons. The number of amides is 1. The molecule has 8 heteroatoms. The lowest BCUT2D eigenvalue weighted by atomic mass is 10.1. The highest BCUT2D eigenvalue weighted by Gasteiger charge is 2.35. The molecule has 0 N–H and O–H groups in total. The van der Waals surface area contributed by atoms with Crippen molar-refractivity contribution in [1.82, 2.24) is 10.1 Å². The number of aryl methyl sites for hydroxylation is 2. The Bertz CT molecular complexity index is 1040. The lowest BCUT2D eigenvalue weighted by molar-refractivity contribution is -0.137. The summed E-state index contributed by atoms with van der Waals surface area (Å²) >= 11 is 0. The molecule has 0 spiro atoms. The molecule has 1 saturated heterocycles. The molecule has 1 aliphatic heterocycles. The van der Waals surface area contributed by atoms with E-state index >= 15 is 0 Å². The molecule has 0 saturated carbocycles. The average Bonchev–Trinajstić information content (AvgIpc) is 3.27. The number of carbonyl (C=O) groups excluding carboxylic acids is 1. The Hall–Kier alpha value is -3.16. The molecule has 1 unspecified atom stereocenters. The number of aromatic nitrogens is 2. The maximum Gasteiger partial charge on any atom is 0.416 e. The summed E-state index contributed by atoms with van der Waals surface area (Å²) in [6.07, 6.45) is -4.15. The van der Waals surface area contributed by atoms with Gasteiger partial charge in [0, 0.05) is 30.1 Å². The molecule has 1 atom stereocenters. The summed E-state index contributed by atoms with van der Waals surface area (Å²) in [6.45, 7) is 4.38. The summed E-state index contributed by atoms with van der Waals surface area (Å²) in [7, 11) is 0. The van der Waals surface area contributed by atoms with Crippen LogP contribution in [0.25, 0.3) is 11.5 Å². The van der Waals surface area contributed by atoms with E-state index in [4.69, 9.17) is 4.52 Å². The Morgan fingerprint density at radius 2 is 1.72 bits per heavy atom. The van der Waals surface area contributed by atoms with E-state index in [1.54, 1.807) is 4.90 Å². The van der Waals surface area contributed by atoms with Crippen molar-refractivity contribution < 1.29 is 22.5 Å². The van der Waals surface area contributed by atoms with E-state index in [0.29, 0.717) is 17.9 Å². The van der Waals surface area contributed by atoms with E-state index in [1.807, 2.05) is 32.0 Å². The fourth-order valence-corrected chi connectivity index (χ4v) is 3.56. The summed E-state index contributed by atoms with van der Waals surface area (Å²) in [5, 5.41) is 3.96. The maximum absolute atomic E-state index is 12.7. The fourth-order valence-electron chi connectivity index (χ4n) is 3.56. The molecule has 0 radical (unpaired) electrons. The Balaban J connectivity index is 1.53. The molecule has 2 heterocycles. The van der Waals surface area contributed by atoms with Crippen LogP contribution in [0.1, 0.15) is 34.9 Å². The van der Waals surface area contributed by atoms with Gasteiger partial charge in [-0.05, 0) is 61.4 Å². The first-order chi connectivity index (χ1) is 13.7. The van der Waals surface area contributed by atoms with Gasteiger partial charge in [-0.3, -0.25) is 4.79 Å². The molecule has 1 aromatic heterocycles. The summed E-state index contributed by atoms with van der Waals surface area (Å²) in [5.74, 6) is 0.238. The van der Waals surface area contributed by atoms with Crippen molar-refractivity contribution in [2.24, 2.45) is 0 Å². The van der Waals surface area contributed by atoms with Crippen molar-refractivity contribution in [3.8, 4) is 11.5 Å². The van der Waals surface area contributed by atoms with Gasteiger partial charge >= 0.3 is 6.18 Å². The van der Waals surface area contributed by atoms with Gasteiger partial charge < -0.3 is 9.42 Å². The molecular weight excluding hydrogens is 383 g/mol. The third kappa shape index (κ3) is 3.87. The van der Waals surface area contributed by atoms with Crippen LogP contribution in [0.2, 0.25) is 0 Å². The quantitative estimate of drug-likeness (QED) is 0.627. The van der Waals surface area contributed by atoms with Gasteiger partial charge in [-0.25, -0.2) is 0 Å². The molecule has 1 fully saturated rings. The molecule has 2 aromatic carbocycles. The predicted molar refractivity (Wildman–Crippen MR) is 100 cm³/mol. The summed E-state index contributed by atoms with van der Waals surface area (Å²) in [6, 6.07) is 10.5. The number of carbonyl (C=O) groups is 1. The molecule has 3 aromatic rings. The molecule has 5 nitrogen and oxygen atoms in total. The largest absolute Gasteiger partial charge is 0.416 e. The number of nitrogens with zero attached hydrogens (tertiary/aromatic N) is 3. The number of halogens is 3. The Labute approximate surface area is 165 Å². The van der Waals surface area contributed by atoms with E-state index in [2.05, 4.69) is 10.1 Å². The molecular formula is C21H18F3N3O2. The zero-order chi connectivity index (χ0) is 20.8. The van der Waals surface area contributed by atoms with Crippen LogP contribution >= 0.6 is 0 Å². The Kier molecular flexibility index (Phi) is 4.64. The number of alkyl halides is 3. The van der Waals surface area contributed by atoms with E-state index in [0.717, 1.165) is 28.9 Å². The lowest BCUT2D eigenvalue weighted by Crippen LogP contribution is -2.24. The third-order valence-electron chi connectivity index (χ3n) is 4.91. The summed E-state index contributed by atoms with van der Waals surface area (Å²) in [4.78, 5) is 18.5. The summed E-state index contributed by atoms with van der Waals surface area (Å²) in [5.41, 5.74) is 2.63. The first-order valence-corrected chi connectivity index (χ1v) is 9.10. The van der Waals surface area contributed by atoms with Crippen molar-refractivity contribution in [2.75, 3.05) is 11.4 Å². The number of benzene rings is 2. The van der Waals surface area contributed by atoms with Gasteiger partial charge in [0.25, 0.3) is 5.89 Å². The van der Waals surface area contributed by atoms with Crippen LogP contribution in [0.4, 0.5) is 18.9 Å². The van der Waals surface area contributed by atoms with Crippen LogP contribution in [0.5, 0.6) is 0 Å². The highest BCUT2D eigenvalue weighted by atomic mass is 19.4. The second-order valence-corrected chi connectivity index (χ2v) is 7.28. The third-order valence-corrected chi connectivity index (χ3v) is 4.91. The second kappa shape index (κ2) is 7.02. The Morgan fingerprint density at radius 1 is 1.07 bits per heavy atom. The van der Waals surface area contributed by atoms with Crippen molar-refractivity contribution in [2.45, 2.75) is 32.4 Å². The Morgan fingerprint density at radius 3 is 2.34 bits per heavy atom. The molecule has 0 bridgehead atoms. The number of anilines is 1. The van der Waals surface area contributed by atoms with Gasteiger partial charge in [0.2, 0.25) is 5.91 Å². The molecule has 1 amide bonds. The van der Waals surface area contributed by atoms with Gasteiger partial charge in [0.1, 0.15) is 0 Å². The molecule has 0 aliphatic carbocycles. The normalized spacial score (nSPS) is 17.2. The highest BCUT2D eigenvalue weighted by Crippen LogP contribution is 2.33. The van der Waals surface area contributed by atoms with Gasteiger partial charge in [-0.15, -0.1) is 0 Å². The number of hydrogen-bond donors (Lipinski definition) is 0. The van der Waals surface area contributed by atoms with E-state index in [9.17, 15) is 18.0 Å². The molecule has 1 aliphatic rings.